The molecule has 0 aromatic heterocycles. The molecule has 0 aromatic carbocycles. The minimum absolute atomic E-state index is 0.225. The first-order valence-corrected chi connectivity index (χ1v) is 9.03. The number of allylic oxidation sites excluding steroid dienone is 1. The largest absolute Gasteiger partial charge is 0.130 e. The van der Waals surface area contributed by atoms with E-state index in [2.05, 4.69) is 78.1 Å². The van der Waals surface area contributed by atoms with Gasteiger partial charge in [-0.3, -0.25) is 0 Å². The second-order valence-electron chi connectivity index (χ2n) is 7.73. The molecule has 0 amide bonds. The van der Waals surface area contributed by atoms with Crippen molar-refractivity contribution in [1.82, 2.24) is 0 Å². The summed E-state index contributed by atoms with van der Waals surface area (Å²) in [5.41, 5.74) is 1.43. The Labute approximate surface area is 131 Å². The number of rotatable bonds is 8. The predicted octanol–water partition coefficient (Wildman–Crippen LogP) is 6.42. The minimum Gasteiger partial charge on any atom is -0.130 e. The molecule has 0 nitrogen and oxygen atoms in total. The Morgan fingerprint density at radius 3 is 1.85 bits per heavy atom. The van der Waals surface area contributed by atoms with Crippen LogP contribution in [-0.2, 0) is 0 Å². The summed E-state index contributed by atoms with van der Waals surface area (Å²) in [5.74, 6) is 4.00. The number of hydrogen-bond donors (Lipinski definition) is 0. The molecule has 0 aliphatic heterocycles. The Balaban J connectivity index is 5.06. The zero-order valence-corrected chi connectivity index (χ0v) is 16.6. The summed E-state index contributed by atoms with van der Waals surface area (Å²) in [5, 5.41) is 0.225. The Hall–Kier alpha value is 0.170. The van der Waals surface area contributed by atoms with Crippen LogP contribution < -0.4 is 0 Å². The Morgan fingerprint density at radius 1 is 1.05 bits per heavy atom. The van der Waals surface area contributed by atoms with Crippen LogP contribution in [0.15, 0.2) is 12.2 Å². The van der Waals surface area contributed by atoms with E-state index in [-0.39, 0.29) is 5.16 Å². The van der Waals surface area contributed by atoms with Crippen LogP contribution in [0.4, 0.5) is 0 Å². The second-order valence-corrected chi connectivity index (χ2v) is 8.97. The van der Waals surface area contributed by atoms with E-state index in [1.54, 1.807) is 0 Å². The van der Waals surface area contributed by atoms with Crippen LogP contribution in [0.25, 0.3) is 0 Å². The van der Waals surface area contributed by atoms with Crippen molar-refractivity contribution in [3.8, 4) is 0 Å². The molecule has 0 rings (SSSR count). The van der Waals surface area contributed by atoms with Gasteiger partial charge in [-0.05, 0) is 40.7 Å². The molecule has 0 saturated heterocycles. The van der Waals surface area contributed by atoms with E-state index in [0.29, 0.717) is 17.8 Å². The van der Waals surface area contributed by atoms with E-state index in [9.17, 15) is 0 Å². The summed E-state index contributed by atoms with van der Waals surface area (Å²) < 4.78 is 0. The SMILES string of the molecule is C=C(C(C)C(C)CC)C(C)[C@@](C)(P)C(C)[C@H](C)C(C)C. The van der Waals surface area contributed by atoms with Crippen LogP contribution in [0.3, 0.4) is 0 Å². The third kappa shape index (κ3) is 4.59. The van der Waals surface area contributed by atoms with Gasteiger partial charge >= 0.3 is 0 Å². The predicted molar refractivity (Wildman–Crippen MR) is 98.2 cm³/mol. The molecule has 0 N–H and O–H groups in total. The molecule has 0 spiro atoms. The topological polar surface area (TPSA) is 0 Å². The molecule has 0 saturated carbocycles. The van der Waals surface area contributed by atoms with Crippen LogP contribution in [-0.4, -0.2) is 5.16 Å². The fourth-order valence-electron chi connectivity index (χ4n) is 3.05. The zero-order valence-electron chi connectivity index (χ0n) is 15.5. The fraction of sp³-hybridized carbons (Fsp3) is 0.895. The molecule has 0 aliphatic rings. The van der Waals surface area contributed by atoms with Crippen molar-refractivity contribution in [3.05, 3.63) is 12.2 Å². The van der Waals surface area contributed by atoms with Crippen LogP contribution in [0.5, 0.6) is 0 Å². The molecule has 0 aromatic rings. The summed E-state index contributed by atoms with van der Waals surface area (Å²) in [6.07, 6.45) is 1.23. The Kier molecular flexibility index (Phi) is 8.04. The maximum absolute atomic E-state index is 4.46. The van der Waals surface area contributed by atoms with Gasteiger partial charge in [0.1, 0.15) is 0 Å². The van der Waals surface area contributed by atoms with Gasteiger partial charge in [0, 0.05) is 0 Å². The van der Waals surface area contributed by atoms with Crippen LogP contribution in [0, 0.1) is 35.5 Å². The van der Waals surface area contributed by atoms with Gasteiger partial charge in [0.25, 0.3) is 0 Å². The van der Waals surface area contributed by atoms with Crippen LogP contribution in [0.2, 0.25) is 0 Å². The third-order valence-corrected chi connectivity index (χ3v) is 7.42. The highest BCUT2D eigenvalue weighted by atomic mass is 31.0. The summed E-state index contributed by atoms with van der Waals surface area (Å²) >= 11 is 0. The van der Waals surface area contributed by atoms with E-state index in [4.69, 9.17) is 0 Å². The van der Waals surface area contributed by atoms with Gasteiger partial charge < -0.3 is 0 Å². The molecule has 7 atom stereocenters. The van der Waals surface area contributed by atoms with Crippen molar-refractivity contribution in [1.29, 1.82) is 0 Å². The summed E-state index contributed by atoms with van der Waals surface area (Å²) in [7, 11) is 3.16. The minimum atomic E-state index is 0.225. The van der Waals surface area contributed by atoms with Gasteiger partial charge in [-0.2, -0.15) is 0 Å². The lowest BCUT2D eigenvalue weighted by molar-refractivity contribution is 0.207. The molecule has 0 heterocycles. The molecule has 0 aliphatic carbocycles. The van der Waals surface area contributed by atoms with Crippen molar-refractivity contribution >= 4 is 9.24 Å². The maximum Gasteiger partial charge on any atom is -0.00876 e. The van der Waals surface area contributed by atoms with Gasteiger partial charge in [-0.15, -0.1) is 9.24 Å². The zero-order chi connectivity index (χ0) is 16.2. The van der Waals surface area contributed by atoms with Crippen molar-refractivity contribution in [2.24, 2.45) is 35.5 Å². The van der Waals surface area contributed by atoms with Gasteiger partial charge in [0.15, 0.2) is 0 Å². The molecule has 20 heavy (non-hydrogen) atoms. The lowest BCUT2D eigenvalue weighted by Crippen LogP contribution is -2.40. The molecular weight excluding hydrogens is 259 g/mol. The first-order valence-electron chi connectivity index (χ1n) is 8.45. The highest BCUT2D eigenvalue weighted by Crippen LogP contribution is 2.45. The molecule has 120 valence electrons. The van der Waals surface area contributed by atoms with Gasteiger partial charge in [0.05, 0.1) is 0 Å². The molecular formula is C19H39P. The Morgan fingerprint density at radius 2 is 1.50 bits per heavy atom. The highest BCUT2D eigenvalue weighted by Gasteiger charge is 2.38. The van der Waals surface area contributed by atoms with E-state index in [0.717, 1.165) is 17.8 Å². The normalized spacial score (nSPS) is 22.8. The van der Waals surface area contributed by atoms with Crippen molar-refractivity contribution in [2.45, 2.75) is 73.9 Å². The lowest BCUT2D eigenvalue weighted by atomic mass is 9.69. The van der Waals surface area contributed by atoms with Crippen molar-refractivity contribution in [3.63, 3.8) is 0 Å². The third-order valence-electron chi connectivity index (χ3n) is 6.39. The summed E-state index contributed by atoms with van der Waals surface area (Å²) in [6, 6.07) is 0. The average Bonchev–Trinajstić information content (AvgIpc) is 2.41. The molecule has 5 unspecified atom stereocenters. The molecule has 0 radical (unpaired) electrons. The van der Waals surface area contributed by atoms with Crippen molar-refractivity contribution in [2.75, 3.05) is 0 Å². The maximum atomic E-state index is 4.46. The van der Waals surface area contributed by atoms with E-state index in [1.165, 1.54) is 12.0 Å². The van der Waals surface area contributed by atoms with Crippen LogP contribution in [0.1, 0.15) is 68.7 Å². The van der Waals surface area contributed by atoms with E-state index >= 15 is 0 Å². The van der Waals surface area contributed by atoms with E-state index in [1.807, 2.05) is 0 Å². The smallest absolute Gasteiger partial charge is 0.00876 e. The molecule has 1 heteroatoms. The summed E-state index contributed by atoms with van der Waals surface area (Å²) in [6.45, 7) is 25.7. The number of hydrogen-bond acceptors (Lipinski definition) is 0. The summed E-state index contributed by atoms with van der Waals surface area (Å²) in [4.78, 5) is 0. The molecule has 0 bridgehead atoms. The first-order chi connectivity index (χ1) is 8.98. The quantitative estimate of drug-likeness (QED) is 0.358. The highest BCUT2D eigenvalue weighted by molar-refractivity contribution is 7.19. The fourth-order valence-corrected chi connectivity index (χ4v) is 3.57. The van der Waals surface area contributed by atoms with Crippen molar-refractivity contribution < 1.29 is 0 Å². The average molecular weight is 298 g/mol. The first kappa shape index (κ1) is 20.2. The van der Waals surface area contributed by atoms with Gasteiger partial charge in [0.2, 0.25) is 0 Å². The van der Waals surface area contributed by atoms with Gasteiger partial charge in [-0.1, -0.05) is 80.9 Å². The molecule has 0 fully saturated rings. The second kappa shape index (κ2) is 7.98. The lowest BCUT2D eigenvalue weighted by Gasteiger charge is -2.44. The van der Waals surface area contributed by atoms with Gasteiger partial charge in [-0.25, -0.2) is 0 Å². The van der Waals surface area contributed by atoms with E-state index < -0.39 is 0 Å². The van der Waals surface area contributed by atoms with Crippen LogP contribution >= 0.6 is 9.24 Å². The monoisotopic (exact) mass is 298 g/mol. The Bertz CT molecular complexity index is 303. The standard InChI is InChI=1S/C19H39P/c1-11-13(4)15(6)16(7)18(9)19(10,20)17(8)14(5)12(2)3/h12-15,17-18H,7,11,20H2,1-6,8-10H3/t13?,14-,15?,17?,18?,19+/m1/s1.